The van der Waals surface area contributed by atoms with Crippen LogP contribution in [-0.2, 0) is 24.5 Å². The summed E-state index contributed by atoms with van der Waals surface area (Å²) in [5, 5.41) is 0. The van der Waals surface area contributed by atoms with Crippen molar-refractivity contribution in [3.8, 4) is 5.75 Å². The molecule has 2 heterocycles. The molecular weight excluding hydrogens is 574 g/mol. The highest BCUT2D eigenvalue weighted by molar-refractivity contribution is 5.95. The zero-order valence-corrected chi connectivity index (χ0v) is 27.3. The molecule has 3 aromatic carbocycles. The highest BCUT2D eigenvalue weighted by atomic mass is 16.7. The van der Waals surface area contributed by atoms with E-state index in [2.05, 4.69) is 92.7 Å². The molecule has 2 atom stereocenters. The molecule has 1 aliphatic carbocycles. The molecule has 0 N–H and O–H groups in total. The number of hydrogen-bond donors (Lipinski definition) is 0. The van der Waals surface area contributed by atoms with Crippen molar-refractivity contribution in [3.05, 3.63) is 125 Å². The second-order valence-corrected chi connectivity index (χ2v) is 12.9. The van der Waals surface area contributed by atoms with Crippen LogP contribution in [-0.4, -0.2) is 50.8 Å². The van der Waals surface area contributed by atoms with E-state index in [0.717, 1.165) is 79.6 Å². The minimum atomic E-state index is -0.861. The molecule has 6 heteroatoms. The quantitative estimate of drug-likeness (QED) is 0.133. The van der Waals surface area contributed by atoms with Gasteiger partial charge in [-0.1, -0.05) is 78.4 Å². The van der Waals surface area contributed by atoms with Gasteiger partial charge in [0.2, 0.25) is 5.90 Å². The molecule has 1 fully saturated rings. The van der Waals surface area contributed by atoms with Crippen LogP contribution in [0.25, 0.3) is 0 Å². The van der Waals surface area contributed by atoms with Crippen LogP contribution in [0.2, 0.25) is 0 Å². The Bertz CT molecular complexity index is 1500. The average Bonchev–Trinajstić information content (AvgIpc) is 3.48. The summed E-state index contributed by atoms with van der Waals surface area (Å²) in [5.74, 6) is 1.47. The molecule has 6 nitrogen and oxygen atoms in total. The highest BCUT2D eigenvalue weighted by Gasteiger charge is 2.38. The van der Waals surface area contributed by atoms with Gasteiger partial charge in [0.15, 0.2) is 6.29 Å². The summed E-state index contributed by atoms with van der Waals surface area (Å²) >= 11 is 0. The maximum absolute atomic E-state index is 7.13. The van der Waals surface area contributed by atoms with E-state index >= 15 is 0 Å². The molecule has 2 aliphatic heterocycles. The molecule has 0 amide bonds. The smallest absolute Gasteiger partial charge is 0.216 e. The number of rotatable bonds is 14. The van der Waals surface area contributed by atoms with Gasteiger partial charge in [0.05, 0.1) is 12.1 Å². The summed E-state index contributed by atoms with van der Waals surface area (Å²) < 4.78 is 31.0. The number of hydrogen-bond acceptors (Lipinski definition) is 6. The second-order valence-electron chi connectivity index (χ2n) is 12.9. The first-order valence-electron chi connectivity index (χ1n) is 16.9. The first-order valence-corrected chi connectivity index (χ1v) is 16.9. The average molecular weight is 622 g/mol. The normalized spacial score (nSPS) is 20.3. The number of allylic oxidation sites excluding steroid dienone is 4. The van der Waals surface area contributed by atoms with Gasteiger partial charge in [0.1, 0.15) is 24.6 Å². The topological polar surface area (TPSA) is 58.5 Å². The van der Waals surface area contributed by atoms with Crippen LogP contribution in [0.15, 0.2) is 108 Å². The van der Waals surface area contributed by atoms with Crippen LogP contribution in [0, 0.1) is 0 Å². The van der Waals surface area contributed by atoms with Crippen molar-refractivity contribution in [3.63, 3.8) is 0 Å². The molecule has 3 aromatic rings. The summed E-state index contributed by atoms with van der Waals surface area (Å²) in [6.07, 6.45) is 14.1. The molecule has 1 saturated heterocycles. The van der Waals surface area contributed by atoms with Crippen LogP contribution in [0.4, 0.5) is 0 Å². The summed E-state index contributed by atoms with van der Waals surface area (Å²) in [7, 11) is 0. The maximum Gasteiger partial charge on any atom is 0.216 e. The molecule has 242 valence electrons. The zero-order valence-electron chi connectivity index (χ0n) is 27.3. The predicted molar refractivity (Wildman–Crippen MR) is 182 cm³/mol. The molecule has 0 spiro atoms. The lowest BCUT2D eigenvalue weighted by Gasteiger charge is -2.36. The fourth-order valence-electron chi connectivity index (χ4n) is 6.34. The fraction of sp³-hybridized carbons (Fsp3) is 0.425. The van der Waals surface area contributed by atoms with Crippen molar-refractivity contribution in [1.82, 2.24) is 0 Å². The lowest BCUT2D eigenvalue weighted by atomic mass is 9.79. The molecular formula is C40H47NO5. The van der Waals surface area contributed by atoms with E-state index in [0.29, 0.717) is 32.3 Å². The molecule has 46 heavy (non-hydrogen) atoms. The van der Waals surface area contributed by atoms with Crippen molar-refractivity contribution in [2.24, 2.45) is 4.99 Å². The predicted octanol–water partition coefficient (Wildman–Crippen LogP) is 8.53. The maximum atomic E-state index is 7.13. The van der Waals surface area contributed by atoms with Gasteiger partial charge in [-0.25, -0.2) is 4.99 Å². The molecule has 6 rings (SSSR count). The second kappa shape index (κ2) is 15.3. The number of nitrogens with zero attached hydrogens (tertiary/aromatic N) is 1. The molecule has 0 radical (unpaired) electrons. The van der Waals surface area contributed by atoms with Gasteiger partial charge in [-0.05, 0) is 99.7 Å². The van der Waals surface area contributed by atoms with E-state index in [9.17, 15) is 0 Å². The molecule has 0 bridgehead atoms. The van der Waals surface area contributed by atoms with E-state index in [1.807, 2.05) is 18.2 Å². The monoisotopic (exact) mass is 621 g/mol. The largest absolute Gasteiger partial charge is 0.491 e. The Hall–Kier alpha value is -3.71. The third kappa shape index (κ3) is 7.98. The summed E-state index contributed by atoms with van der Waals surface area (Å²) in [6, 6.07) is 27.3. The first kappa shape index (κ1) is 32.2. The van der Waals surface area contributed by atoms with Gasteiger partial charge in [0, 0.05) is 18.8 Å². The van der Waals surface area contributed by atoms with Crippen LogP contribution in [0.1, 0.15) is 81.0 Å². The Kier molecular flexibility index (Phi) is 10.7. The lowest BCUT2D eigenvalue weighted by molar-refractivity contribution is -0.165. The SMILES string of the molecule is CC1(C)COC(c2ccc(C(OCCCC3=CCCC=C3)(c3ccccc3)c3cccc(OCCOC4CCCCO4)c3)cc2)=N1. The third-order valence-corrected chi connectivity index (χ3v) is 8.72. The van der Waals surface area contributed by atoms with Gasteiger partial charge in [-0.15, -0.1) is 0 Å². The van der Waals surface area contributed by atoms with Gasteiger partial charge in [-0.3, -0.25) is 0 Å². The summed E-state index contributed by atoms with van der Waals surface area (Å²) in [5.41, 5.74) is 4.38. The van der Waals surface area contributed by atoms with Crippen LogP contribution in [0.5, 0.6) is 5.75 Å². The van der Waals surface area contributed by atoms with E-state index < -0.39 is 5.60 Å². The van der Waals surface area contributed by atoms with Crippen molar-refractivity contribution >= 4 is 5.90 Å². The Labute approximate surface area is 274 Å². The van der Waals surface area contributed by atoms with Crippen molar-refractivity contribution in [1.29, 1.82) is 0 Å². The molecule has 0 aromatic heterocycles. The van der Waals surface area contributed by atoms with Crippen molar-refractivity contribution in [2.75, 3.05) is 33.0 Å². The third-order valence-electron chi connectivity index (χ3n) is 8.72. The van der Waals surface area contributed by atoms with E-state index in [-0.39, 0.29) is 11.8 Å². The Morgan fingerprint density at radius 1 is 0.870 bits per heavy atom. The van der Waals surface area contributed by atoms with Gasteiger partial charge in [-0.2, -0.15) is 0 Å². The summed E-state index contributed by atoms with van der Waals surface area (Å²) in [6.45, 7) is 7.04. The van der Waals surface area contributed by atoms with Crippen molar-refractivity contribution in [2.45, 2.75) is 76.2 Å². The fourth-order valence-corrected chi connectivity index (χ4v) is 6.34. The van der Waals surface area contributed by atoms with Gasteiger partial charge >= 0.3 is 0 Å². The Morgan fingerprint density at radius 2 is 1.70 bits per heavy atom. The van der Waals surface area contributed by atoms with Gasteiger partial charge in [0.25, 0.3) is 0 Å². The van der Waals surface area contributed by atoms with E-state index in [4.69, 9.17) is 28.7 Å². The van der Waals surface area contributed by atoms with Crippen LogP contribution < -0.4 is 4.74 Å². The lowest BCUT2D eigenvalue weighted by Crippen LogP contribution is -2.33. The number of benzene rings is 3. The molecule has 3 aliphatic rings. The van der Waals surface area contributed by atoms with Crippen molar-refractivity contribution < 1.29 is 23.7 Å². The molecule has 0 saturated carbocycles. The van der Waals surface area contributed by atoms with E-state index in [1.54, 1.807) is 0 Å². The van der Waals surface area contributed by atoms with Gasteiger partial charge < -0.3 is 23.7 Å². The standard InChI is InChI=1S/C40H47NO5/c1-39(2)30-45-38(41-39)32-21-23-34(24-22-32)40(33-16-7-4-8-17-33,46-26-12-15-31-13-5-3-6-14-31)35-18-11-19-36(29-35)42-27-28-44-37-20-9-10-25-43-37/h4-5,7-8,11,13-14,16-19,21-24,29,37H,3,6,9-10,12,15,20,25-28,30H2,1-2H3. The minimum Gasteiger partial charge on any atom is -0.491 e. The van der Waals surface area contributed by atoms with Crippen LogP contribution >= 0.6 is 0 Å². The number of ether oxygens (including phenoxy) is 5. The van der Waals surface area contributed by atoms with Crippen LogP contribution in [0.3, 0.4) is 0 Å². The first-order chi connectivity index (χ1) is 22.5. The Balaban J connectivity index is 1.29. The highest BCUT2D eigenvalue weighted by Crippen LogP contribution is 2.42. The zero-order chi connectivity index (χ0) is 31.7. The number of aliphatic imine (C=N–C) groups is 1. The van der Waals surface area contributed by atoms with E-state index in [1.165, 1.54) is 5.57 Å². The molecule has 2 unspecified atom stereocenters. The summed E-state index contributed by atoms with van der Waals surface area (Å²) in [4.78, 5) is 4.80. The Morgan fingerprint density at radius 3 is 2.43 bits per heavy atom. The minimum absolute atomic E-state index is 0.127.